The number of nitrogens with zero attached hydrogens (tertiary/aromatic N) is 2. The molecule has 0 radical (unpaired) electrons. The quantitative estimate of drug-likeness (QED) is 0.112. The van der Waals surface area contributed by atoms with E-state index < -0.39 is 53.6 Å². The fourth-order valence-electron chi connectivity index (χ4n) is 7.20. The molecule has 1 fully saturated rings. The van der Waals surface area contributed by atoms with Crippen molar-refractivity contribution in [2.24, 2.45) is 17.4 Å². The van der Waals surface area contributed by atoms with E-state index in [1.807, 2.05) is 80.6 Å². The molecule has 0 saturated carbocycles. The van der Waals surface area contributed by atoms with Crippen LogP contribution in [-0.4, -0.2) is 83.4 Å². The Labute approximate surface area is 322 Å². The molecule has 1 saturated heterocycles. The number of unbranched alkanes of at least 4 members (excludes halogenated alkanes) is 1. The molecule has 2 aromatic carbocycles. The second-order valence-electron chi connectivity index (χ2n) is 14.8. The maximum Gasteiger partial charge on any atom is 0.413 e. The lowest BCUT2D eigenvalue weighted by Crippen LogP contribution is -2.59. The SMILES string of the molecule is CC(C)CC(NC(=O)[C@@H](Cc1ccccc1)NC(=O)[C@H](N)Cc1ccccc1)C(=O)N[C@H](CCCCN)C(=O)N1CCC2(CC1)OC(=O)Nc1ncccc12. The van der Waals surface area contributed by atoms with Crippen LogP contribution in [0.1, 0.15) is 69.1 Å². The van der Waals surface area contributed by atoms with Crippen molar-refractivity contribution in [2.45, 2.75) is 95.0 Å². The molecule has 0 bridgehead atoms. The summed E-state index contributed by atoms with van der Waals surface area (Å²) in [5.41, 5.74) is 13.6. The molecular weight excluding hydrogens is 701 g/mol. The van der Waals surface area contributed by atoms with E-state index in [0.717, 1.165) is 16.7 Å². The van der Waals surface area contributed by atoms with Crippen molar-refractivity contribution >= 4 is 35.5 Å². The number of anilines is 1. The van der Waals surface area contributed by atoms with Gasteiger partial charge < -0.3 is 37.1 Å². The molecule has 14 nitrogen and oxygen atoms in total. The van der Waals surface area contributed by atoms with Crippen LogP contribution in [-0.2, 0) is 42.4 Å². The molecule has 1 aromatic heterocycles. The summed E-state index contributed by atoms with van der Waals surface area (Å²) in [4.78, 5) is 73.9. The Morgan fingerprint density at radius 2 is 1.42 bits per heavy atom. The topological polar surface area (TPSA) is 211 Å². The molecular formula is C41H54N8O6. The Morgan fingerprint density at radius 1 is 0.818 bits per heavy atom. The summed E-state index contributed by atoms with van der Waals surface area (Å²) < 4.78 is 5.81. The number of rotatable bonds is 17. The number of hydrogen-bond donors (Lipinski definition) is 6. The van der Waals surface area contributed by atoms with Crippen molar-refractivity contribution in [3.63, 3.8) is 0 Å². The molecule has 2 aliphatic heterocycles. The van der Waals surface area contributed by atoms with Crippen LogP contribution >= 0.6 is 0 Å². The minimum absolute atomic E-state index is 0.00671. The van der Waals surface area contributed by atoms with Gasteiger partial charge >= 0.3 is 6.09 Å². The summed E-state index contributed by atoms with van der Waals surface area (Å²) >= 11 is 0. The van der Waals surface area contributed by atoms with Crippen LogP contribution in [0.25, 0.3) is 0 Å². The van der Waals surface area contributed by atoms with Crippen LogP contribution in [0.15, 0.2) is 79.0 Å². The molecule has 1 unspecified atom stereocenters. The van der Waals surface area contributed by atoms with Crippen molar-refractivity contribution in [2.75, 3.05) is 25.0 Å². The fourth-order valence-corrected chi connectivity index (χ4v) is 7.20. The molecule has 8 N–H and O–H groups in total. The summed E-state index contributed by atoms with van der Waals surface area (Å²) in [6, 6.07) is 18.5. The van der Waals surface area contributed by atoms with Gasteiger partial charge in [-0.15, -0.1) is 0 Å². The van der Waals surface area contributed by atoms with Gasteiger partial charge in [-0.1, -0.05) is 74.5 Å². The third-order valence-corrected chi connectivity index (χ3v) is 10.1. The summed E-state index contributed by atoms with van der Waals surface area (Å²) in [5, 5.41) is 11.3. The molecule has 55 heavy (non-hydrogen) atoms. The number of carbonyl (C=O) groups is 5. The summed E-state index contributed by atoms with van der Waals surface area (Å²) in [6.07, 6.45) is 4.11. The summed E-state index contributed by atoms with van der Waals surface area (Å²) in [6.45, 7) is 4.90. The van der Waals surface area contributed by atoms with Gasteiger partial charge in [0, 0.05) is 44.1 Å². The van der Waals surface area contributed by atoms with E-state index in [-0.39, 0.29) is 24.7 Å². The fraction of sp³-hybridized carbons (Fsp3) is 0.463. The number of piperidine rings is 1. The highest BCUT2D eigenvalue weighted by molar-refractivity contribution is 5.95. The first-order chi connectivity index (χ1) is 26.5. The monoisotopic (exact) mass is 754 g/mol. The van der Waals surface area contributed by atoms with Crippen LogP contribution < -0.4 is 32.7 Å². The molecule has 3 heterocycles. The third kappa shape index (κ3) is 11.1. The van der Waals surface area contributed by atoms with E-state index >= 15 is 0 Å². The number of likely N-dealkylation sites (tertiary alicyclic amines) is 1. The predicted octanol–water partition coefficient (Wildman–Crippen LogP) is 2.90. The van der Waals surface area contributed by atoms with Gasteiger partial charge in [0.05, 0.1) is 6.04 Å². The van der Waals surface area contributed by atoms with Crippen molar-refractivity contribution in [3.05, 3.63) is 95.7 Å². The Bertz CT molecular complexity index is 1770. The lowest BCUT2D eigenvalue weighted by atomic mass is 9.83. The van der Waals surface area contributed by atoms with E-state index in [1.54, 1.807) is 17.2 Å². The maximum absolute atomic E-state index is 14.1. The van der Waals surface area contributed by atoms with Gasteiger partial charge in [0.1, 0.15) is 29.5 Å². The minimum atomic E-state index is -1.02. The smallest absolute Gasteiger partial charge is 0.413 e. The largest absolute Gasteiger partial charge is 0.437 e. The standard InChI is InChI=1S/C41H54N8O6/c1-27(2)24-33(47-38(52)34(26-29-14-7-4-8-15-29)46-36(50)31(43)25-28-12-5-3-6-13-28)37(51)45-32(17-9-10-20-42)39(53)49-22-18-41(19-23-49)30-16-11-21-44-35(30)48-40(54)55-41/h3-8,11-16,21,27,31-34H,9-10,17-20,22-26,42-43H2,1-2H3,(H,45,51)(H,46,50)(H,47,52)(H,44,48,54)/t31-,32-,33?,34-/m1/s1. The van der Waals surface area contributed by atoms with E-state index in [0.29, 0.717) is 64.0 Å². The highest BCUT2D eigenvalue weighted by atomic mass is 16.6. The Hall–Kier alpha value is -5.34. The van der Waals surface area contributed by atoms with Gasteiger partial charge in [-0.25, -0.2) is 9.78 Å². The molecule has 14 heteroatoms. The minimum Gasteiger partial charge on any atom is -0.437 e. The van der Waals surface area contributed by atoms with E-state index in [4.69, 9.17) is 16.2 Å². The number of hydrogen-bond acceptors (Lipinski definition) is 9. The number of fused-ring (bicyclic) bond motifs is 2. The summed E-state index contributed by atoms with van der Waals surface area (Å²) in [5.74, 6) is -1.33. The van der Waals surface area contributed by atoms with Crippen LogP contribution in [0.2, 0.25) is 0 Å². The number of aromatic nitrogens is 1. The van der Waals surface area contributed by atoms with Crippen LogP contribution in [0.5, 0.6) is 0 Å². The Kier molecular flexibility index (Phi) is 14.3. The first-order valence-electron chi connectivity index (χ1n) is 19.2. The molecule has 5 amide bonds. The summed E-state index contributed by atoms with van der Waals surface area (Å²) in [7, 11) is 0. The van der Waals surface area contributed by atoms with Crippen LogP contribution in [0.3, 0.4) is 0 Å². The van der Waals surface area contributed by atoms with Crippen LogP contribution in [0, 0.1) is 5.92 Å². The average Bonchev–Trinajstić information content (AvgIpc) is 3.17. The first-order valence-corrected chi connectivity index (χ1v) is 19.2. The molecule has 0 aliphatic carbocycles. The predicted molar refractivity (Wildman–Crippen MR) is 208 cm³/mol. The Balaban J connectivity index is 1.28. The second-order valence-corrected chi connectivity index (χ2v) is 14.8. The Morgan fingerprint density at radius 3 is 2.05 bits per heavy atom. The zero-order valence-corrected chi connectivity index (χ0v) is 31.7. The van der Waals surface area contributed by atoms with E-state index in [2.05, 4.69) is 26.3 Å². The molecule has 5 rings (SSSR count). The van der Waals surface area contributed by atoms with Gasteiger partial charge in [-0.05, 0) is 67.8 Å². The van der Waals surface area contributed by atoms with Gasteiger partial charge in [0.2, 0.25) is 23.6 Å². The molecule has 1 spiro atoms. The molecule has 2 aliphatic rings. The number of amides is 5. The van der Waals surface area contributed by atoms with Crippen molar-refractivity contribution < 1.29 is 28.7 Å². The van der Waals surface area contributed by atoms with Gasteiger partial charge in [-0.3, -0.25) is 24.5 Å². The molecule has 4 atom stereocenters. The number of nitrogens with two attached hydrogens (primary N) is 2. The normalized spacial score (nSPS) is 16.8. The number of pyridine rings is 1. The lowest BCUT2D eigenvalue weighted by Gasteiger charge is -2.44. The maximum atomic E-state index is 14.1. The number of ether oxygens (including phenoxy) is 1. The van der Waals surface area contributed by atoms with Crippen molar-refractivity contribution in [3.8, 4) is 0 Å². The average molecular weight is 755 g/mol. The highest BCUT2D eigenvalue weighted by Gasteiger charge is 2.46. The van der Waals surface area contributed by atoms with Gasteiger partial charge in [-0.2, -0.15) is 0 Å². The third-order valence-electron chi connectivity index (χ3n) is 10.1. The zero-order valence-electron chi connectivity index (χ0n) is 31.7. The van der Waals surface area contributed by atoms with E-state index in [1.165, 1.54) is 0 Å². The first kappa shape index (κ1) is 40.8. The van der Waals surface area contributed by atoms with Crippen LogP contribution in [0.4, 0.5) is 10.6 Å². The second kappa shape index (κ2) is 19.3. The highest BCUT2D eigenvalue weighted by Crippen LogP contribution is 2.42. The molecule has 294 valence electrons. The van der Waals surface area contributed by atoms with Gasteiger partial charge in [0.25, 0.3) is 0 Å². The number of carbonyl (C=O) groups excluding carboxylic acids is 5. The number of benzene rings is 2. The van der Waals surface area contributed by atoms with Gasteiger partial charge in [0.15, 0.2) is 0 Å². The molecule has 3 aromatic rings. The number of nitrogens with one attached hydrogen (secondary N) is 4. The van der Waals surface area contributed by atoms with Crippen molar-refractivity contribution in [1.82, 2.24) is 25.8 Å². The van der Waals surface area contributed by atoms with E-state index in [9.17, 15) is 24.0 Å². The van der Waals surface area contributed by atoms with Crippen molar-refractivity contribution in [1.29, 1.82) is 0 Å². The lowest BCUT2D eigenvalue weighted by molar-refractivity contribution is -0.141. The zero-order chi connectivity index (χ0) is 39.4.